The first kappa shape index (κ1) is 15.6. The predicted octanol–water partition coefficient (Wildman–Crippen LogP) is 2.76. The number of hydrogen-bond donors (Lipinski definition) is 1. The Kier molecular flexibility index (Phi) is 5.71. The standard InChI is InChI=1S/C13H16Br2N4O/c1-16-12(11-9(14)4-3-5-17-11)13-10(15)8-18-19(13)6-7-20-2/h3-5,8,12,16H,6-7H2,1-2H3. The van der Waals surface area contributed by atoms with Crippen LogP contribution in [0.5, 0.6) is 0 Å². The third-order valence-corrected chi connectivity index (χ3v) is 4.24. The Morgan fingerprint density at radius 2 is 2.20 bits per heavy atom. The number of aromatic nitrogens is 3. The zero-order chi connectivity index (χ0) is 14.5. The van der Waals surface area contributed by atoms with Gasteiger partial charge in [0.05, 0.1) is 41.3 Å². The molecule has 108 valence electrons. The number of nitrogens with zero attached hydrogens (tertiary/aromatic N) is 3. The van der Waals surface area contributed by atoms with Gasteiger partial charge < -0.3 is 10.1 Å². The minimum absolute atomic E-state index is 0.0562. The van der Waals surface area contributed by atoms with Gasteiger partial charge in [-0.05, 0) is 51.0 Å². The molecule has 0 aliphatic carbocycles. The second-order valence-electron chi connectivity index (χ2n) is 4.19. The predicted molar refractivity (Wildman–Crippen MR) is 84.6 cm³/mol. The van der Waals surface area contributed by atoms with Gasteiger partial charge in [0, 0.05) is 17.8 Å². The number of methoxy groups -OCH3 is 1. The summed E-state index contributed by atoms with van der Waals surface area (Å²) in [5.41, 5.74) is 1.96. The molecule has 2 heterocycles. The molecule has 2 rings (SSSR count). The van der Waals surface area contributed by atoms with Gasteiger partial charge in [0.2, 0.25) is 0 Å². The third kappa shape index (κ3) is 3.28. The van der Waals surface area contributed by atoms with Gasteiger partial charge in [-0.2, -0.15) is 5.10 Å². The molecule has 0 aromatic carbocycles. The molecule has 20 heavy (non-hydrogen) atoms. The van der Waals surface area contributed by atoms with Gasteiger partial charge >= 0.3 is 0 Å². The number of pyridine rings is 1. The molecular formula is C13H16Br2N4O. The van der Waals surface area contributed by atoms with Crippen LogP contribution < -0.4 is 5.32 Å². The maximum absolute atomic E-state index is 5.13. The van der Waals surface area contributed by atoms with Crippen LogP contribution in [0.15, 0.2) is 33.5 Å². The molecule has 0 spiro atoms. The second kappa shape index (κ2) is 7.31. The Morgan fingerprint density at radius 1 is 1.40 bits per heavy atom. The largest absolute Gasteiger partial charge is 0.383 e. The molecule has 0 saturated carbocycles. The highest BCUT2D eigenvalue weighted by molar-refractivity contribution is 9.10. The Bertz CT molecular complexity index is 573. The van der Waals surface area contributed by atoms with Crippen molar-refractivity contribution >= 4 is 31.9 Å². The van der Waals surface area contributed by atoms with E-state index in [-0.39, 0.29) is 6.04 Å². The first-order valence-electron chi connectivity index (χ1n) is 6.16. The monoisotopic (exact) mass is 402 g/mol. The minimum Gasteiger partial charge on any atom is -0.383 e. The van der Waals surface area contributed by atoms with Gasteiger partial charge in [-0.1, -0.05) is 0 Å². The van der Waals surface area contributed by atoms with Crippen LogP contribution >= 0.6 is 31.9 Å². The van der Waals surface area contributed by atoms with Gasteiger partial charge in [-0.15, -0.1) is 0 Å². The van der Waals surface area contributed by atoms with Crippen LogP contribution in [0.3, 0.4) is 0 Å². The van der Waals surface area contributed by atoms with E-state index < -0.39 is 0 Å². The highest BCUT2D eigenvalue weighted by Gasteiger charge is 2.23. The van der Waals surface area contributed by atoms with E-state index in [1.165, 1.54) is 0 Å². The molecule has 0 aliphatic heterocycles. The molecule has 1 unspecified atom stereocenters. The second-order valence-corrected chi connectivity index (χ2v) is 5.89. The van der Waals surface area contributed by atoms with E-state index >= 15 is 0 Å². The summed E-state index contributed by atoms with van der Waals surface area (Å²) in [6.45, 7) is 1.31. The van der Waals surface area contributed by atoms with E-state index in [1.807, 2.05) is 23.9 Å². The fraction of sp³-hybridized carbons (Fsp3) is 0.385. The smallest absolute Gasteiger partial charge is 0.0942 e. The zero-order valence-corrected chi connectivity index (χ0v) is 14.5. The van der Waals surface area contributed by atoms with Crippen molar-refractivity contribution in [1.82, 2.24) is 20.1 Å². The number of ether oxygens (including phenoxy) is 1. The van der Waals surface area contributed by atoms with E-state index in [0.717, 1.165) is 20.3 Å². The van der Waals surface area contributed by atoms with Crippen LogP contribution in [0, 0.1) is 0 Å². The van der Waals surface area contributed by atoms with Crippen LogP contribution in [0.2, 0.25) is 0 Å². The number of rotatable bonds is 6. The lowest BCUT2D eigenvalue weighted by atomic mass is 10.1. The van der Waals surface area contributed by atoms with Crippen molar-refractivity contribution in [1.29, 1.82) is 0 Å². The molecule has 2 aromatic heterocycles. The summed E-state index contributed by atoms with van der Waals surface area (Å²) in [5, 5.41) is 7.68. The van der Waals surface area contributed by atoms with Crippen LogP contribution in [0.1, 0.15) is 17.4 Å². The molecule has 1 N–H and O–H groups in total. The van der Waals surface area contributed by atoms with Crippen molar-refractivity contribution in [3.8, 4) is 0 Å². The summed E-state index contributed by atoms with van der Waals surface area (Å²) in [7, 11) is 3.59. The molecule has 1 atom stereocenters. The highest BCUT2D eigenvalue weighted by Crippen LogP contribution is 2.30. The molecular weight excluding hydrogens is 388 g/mol. The molecule has 0 fully saturated rings. The van der Waals surface area contributed by atoms with Crippen LogP contribution in [-0.2, 0) is 11.3 Å². The maximum atomic E-state index is 5.13. The highest BCUT2D eigenvalue weighted by atomic mass is 79.9. The first-order chi connectivity index (χ1) is 9.69. The summed E-state index contributed by atoms with van der Waals surface area (Å²) in [5.74, 6) is 0. The molecule has 0 saturated heterocycles. The van der Waals surface area contributed by atoms with Crippen LogP contribution in [0.4, 0.5) is 0 Å². The molecule has 0 bridgehead atoms. The summed E-state index contributed by atoms with van der Waals surface area (Å²) in [6.07, 6.45) is 3.58. The number of nitrogens with one attached hydrogen (secondary N) is 1. The normalized spacial score (nSPS) is 12.6. The topological polar surface area (TPSA) is 52.0 Å². The fourth-order valence-corrected chi connectivity index (χ4v) is 3.04. The van der Waals surface area contributed by atoms with E-state index in [4.69, 9.17) is 4.74 Å². The van der Waals surface area contributed by atoms with Crippen LogP contribution in [-0.4, -0.2) is 35.5 Å². The summed E-state index contributed by atoms with van der Waals surface area (Å²) < 4.78 is 8.97. The lowest BCUT2D eigenvalue weighted by molar-refractivity contribution is 0.182. The Morgan fingerprint density at radius 3 is 2.85 bits per heavy atom. The van der Waals surface area contributed by atoms with Gasteiger partial charge in [-0.25, -0.2) is 0 Å². The number of halogens is 2. The summed E-state index contributed by atoms with van der Waals surface area (Å²) >= 11 is 7.12. The Labute approximate surface area is 135 Å². The molecule has 0 amide bonds. The van der Waals surface area contributed by atoms with Gasteiger partial charge in [0.15, 0.2) is 0 Å². The van der Waals surface area contributed by atoms with Gasteiger partial charge in [0.25, 0.3) is 0 Å². The van der Waals surface area contributed by atoms with Crippen molar-refractivity contribution in [3.63, 3.8) is 0 Å². The zero-order valence-electron chi connectivity index (χ0n) is 11.3. The molecule has 7 heteroatoms. The fourth-order valence-electron chi connectivity index (χ4n) is 2.03. The van der Waals surface area contributed by atoms with Crippen molar-refractivity contribution in [2.45, 2.75) is 12.6 Å². The van der Waals surface area contributed by atoms with E-state index in [1.54, 1.807) is 19.5 Å². The first-order valence-corrected chi connectivity index (χ1v) is 7.75. The minimum atomic E-state index is -0.0562. The maximum Gasteiger partial charge on any atom is 0.0942 e. The Hall–Kier alpha value is -0.760. The average molecular weight is 404 g/mol. The van der Waals surface area contributed by atoms with E-state index in [9.17, 15) is 0 Å². The summed E-state index contributed by atoms with van der Waals surface area (Å²) in [6, 6.07) is 3.83. The van der Waals surface area contributed by atoms with Gasteiger partial charge in [-0.3, -0.25) is 9.67 Å². The summed E-state index contributed by atoms with van der Waals surface area (Å²) in [4.78, 5) is 4.47. The molecule has 0 radical (unpaired) electrons. The lowest BCUT2D eigenvalue weighted by Crippen LogP contribution is -2.24. The molecule has 5 nitrogen and oxygen atoms in total. The third-order valence-electron chi connectivity index (χ3n) is 2.96. The molecule has 0 aliphatic rings. The average Bonchev–Trinajstić information content (AvgIpc) is 2.81. The van der Waals surface area contributed by atoms with E-state index in [2.05, 4.69) is 47.3 Å². The SMILES string of the molecule is CNC(c1ncccc1Br)c1c(Br)cnn1CCOC. The lowest BCUT2D eigenvalue weighted by Gasteiger charge is -2.19. The van der Waals surface area contributed by atoms with E-state index in [0.29, 0.717) is 13.2 Å². The van der Waals surface area contributed by atoms with Crippen molar-refractivity contribution in [2.75, 3.05) is 20.8 Å². The van der Waals surface area contributed by atoms with Gasteiger partial charge in [0.1, 0.15) is 0 Å². The molecule has 2 aromatic rings. The number of hydrogen-bond acceptors (Lipinski definition) is 4. The quantitative estimate of drug-likeness (QED) is 0.805. The van der Waals surface area contributed by atoms with Crippen LogP contribution in [0.25, 0.3) is 0 Å². The van der Waals surface area contributed by atoms with Crippen molar-refractivity contribution in [2.24, 2.45) is 0 Å². The Balaban J connectivity index is 2.42. The van der Waals surface area contributed by atoms with Crippen molar-refractivity contribution in [3.05, 3.63) is 44.9 Å². The van der Waals surface area contributed by atoms with Crippen molar-refractivity contribution < 1.29 is 4.74 Å².